The molecular weight excluding hydrogens is 175 g/mol. The van der Waals surface area contributed by atoms with Gasteiger partial charge in [-0.15, -0.1) is 0 Å². The molecule has 0 spiro atoms. The van der Waals surface area contributed by atoms with Gasteiger partial charge >= 0.3 is 5.97 Å². The van der Waals surface area contributed by atoms with Crippen molar-refractivity contribution >= 4 is 17.0 Å². The zero-order valence-electron chi connectivity index (χ0n) is 6.41. The second-order valence-corrected chi connectivity index (χ2v) is 2.54. The van der Waals surface area contributed by atoms with Crippen molar-refractivity contribution in [1.82, 2.24) is 9.97 Å². The van der Waals surface area contributed by atoms with Crippen molar-refractivity contribution in [2.24, 2.45) is 0 Å². The van der Waals surface area contributed by atoms with Crippen LogP contribution in [0.25, 0.3) is 11.0 Å². The Morgan fingerprint density at radius 1 is 1.62 bits per heavy atom. The smallest absolute Gasteiger partial charge is 0.352 e. The topological polar surface area (TPSA) is 66.0 Å². The van der Waals surface area contributed by atoms with E-state index in [1.54, 1.807) is 0 Å². The maximum absolute atomic E-state index is 13.0. The highest BCUT2D eigenvalue weighted by Crippen LogP contribution is 2.15. The van der Waals surface area contributed by atoms with Crippen LogP contribution in [-0.2, 0) is 0 Å². The number of carboxylic acids is 1. The highest BCUT2D eigenvalue weighted by atomic mass is 19.1. The molecule has 13 heavy (non-hydrogen) atoms. The molecule has 0 atom stereocenters. The van der Waals surface area contributed by atoms with E-state index in [4.69, 9.17) is 5.11 Å². The molecule has 0 saturated carbocycles. The number of aromatic amines is 1. The van der Waals surface area contributed by atoms with Gasteiger partial charge in [0.15, 0.2) is 0 Å². The van der Waals surface area contributed by atoms with Crippen LogP contribution in [0.2, 0.25) is 0 Å². The van der Waals surface area contributed by atoms with Crippen LogP contribution in [0.5, 0.6) is 0 Å². The monoisotopic (exact) mass is 180 g/mol. The number of carboxylic acid groups (broad SMARTS) is 1. The van der Waals surface area contributed by atoms with E-state index in [2.05, 4.69) is 9.97 Å². The summed E-state index contributed by atoms with van der Waals surface area (Å²) in [6.45, 7) is 0. The van der Waals surface area contributed by atoms with E-state index in [0.717, 1.165) is 0 Å². The number of hydrogen-bond acceptors (Lipinski definition) is 2. The van der Waals surface area contributed by atoms with Crippen molar-refractivity contribution in [2.45, 2.75) is 0 Å². The molecule has 2 aromatic heterocycles. The Labute approximate surface area is 72.0 Å². The summed E-state index contributed by atoms with van der Waals surface area (Å²) in [4.78, 5) is 16.8. The summed E-state index contributed by atoms with van der Waals surface area (Å²) in [7, 11) is 0. The summed E-state index contributed by atoms with van der Waals surface area (Å²) in [6.07, 6.45) is 1.28. The van der Waals surface area contributed by atoms with Crippen molar-refractivity contribution in [2.75, 3.05) is 0 Å². The Morgan fingerprint density at radius 3 is 3.00 bits per heavy atom. The number of hydrogen-bond donors (Lipinski definition) is 2. The van der Waals surface area contributed by atoms with Gasteiger partial charge in [-0.2, -0.15) is 0 Å². The van der Waals surface area contributed by atoms with Crippen LogP contribution < -0.4 is 0 Å². The quantitative estimate of drug-likeness (QED) is 0.697. The van der Waals surface area contributed by atoms with E-state index < -0.39 is 11.8 Å². The number of pyridine rings is 1. The van der Waals surface area contributed by atoms with Gasteiger partial charge < -0.3 is 10.1 Å². The lowest BCUT2D eigenvalue weighted by Gasteiger charge is -1.87. The van der Waals surface area contributed by atoms with Gasteiger partial charge in [-0.25, -0.2) is 14.2 Å². The average Bonchev–Trinajstić information content (AvgIpc) is 2.49. The zero-order chi connectivity index (χ0) is 9.42. The molecular formula is C8H5FN2O2. The van der Waals surface area contributed by atoms with Crippen LogP contribution in [0.3, 0.4) is 0 Å². The number of rotatable bonds is 1. The van der Waals surface area contributed by atoms with Crippen LogP contribution in [0.4, 0.5) is 4.39 Å². The first-order valence-electron chi connectivity index (χ1n) is 3.55. The van der Waals surface area contributed by atoms with Crippen LogP contribution in [0, 0.1) is 5.82 Å². The number of carbonyl (C=O) groups is 1. The molecule has 0 saturated heterocycles. The Kier molecular flexibility index (Phi) is 1.51. The van der Waals surface area contributed by atoms with E-state index in [9.17, 15) is 9.18 Å². The molecule has 2 rings (SSSR count). The lowest BCUT2D eigenvalue weighted by atomic mass is 10.3. The summed E-state index contributed by atoms with van der Waals surface area (Å²) in [5.41, 5.74) is 0.185. The van der Waals surface area contributed by atoms with Gasteiger partial charge in [0.1, 0.15) is 17.2 Å². The summed E-state index contributed by atoms with van der Waals surface area (Å²) in [5, 5.41) is 8.79. The first-order chi connectivity index (χ1) is 6.18. The Hall–Kier alpha value is -1.91. The summed E-state index contributed by atoms with van der Waals surface area (Å²) in [6, 6.07) is 2.40. The lowest BCUT2D eigenvalue weighted by molar-refractivity contribution is 0.0691. The number of aromatic nitrogens is 2. The third-order valence-corrected chi connectivity index (χ3v) is 1.71. The molecule has 2 heterocycles. The molecule has 0 aliphatic rings. The van der Waals surface area contributed by atoms with Crippen LogP contribution >= 0.6 is 0 Å². The number of halogens is 1. The molecule has 66 valence electrons. The Balaban J connectivity index is 2.75. The number of H-pyrrole nitrogens is 1. The van der Waals surface area contributed by atoms with Crippen LogP contribution in [0.15, 0.2) is 18.3 Å². The molecule has 0 amide bonds. The maximum atomic E-state index is 13.0. The maximum Gasteiger partial charge on any atom is 0.352 e. The molecule has 4 nitrogen and oxygen atoms in total. The third kappa shape index (κ3) is 1.14. The molecule has 0 bridgehead atoms. The molecule has 2 N–H and O–H groups in total. The molecule has 5 heteroatoms. The molecule has 0 radical (unpaired) electrons. The Morgan fingerprint density at radius 2 is 2.38 bits per heavy atom. The standard InChI is InChI=1S/C8H5FN2O2/c9-5-1-2-10-7-4(5)3-6(11-7)8(12)13/h1-3H,(H,10,11)(H,12,13). The van der Waals surface area contributed by atoms with Crippen molar-refractivity contribution in [1.29, 1.82) is 0 Å². The van der Waals surface area contributed by atoms with Crippen molar-refractivity contribution in [3.8, 4) is 0 Å². The number of fused-ring (bicyclic) bond motifs is 1. The van der Waals surface area contributed by atoms with E-state index in [0.29, 0.717) is 0 Å². The van der Waals surface area contributed by atoms with Gasteiger partial charge in [0.2, 0.25) is 0 Å². The fraction of sp³-hybridized carbons (Fsp3) is 0. The summed E-state index contributed by atoms with van der Waals surface area (Å²) < 4.78 is 13.0. The first-order valence-corrected chi connectivity index (χ1v) is 3.55. The SMILES string of the molecule is O=C(O)c1cc2c(F)ccnc2[nH]1. The fourth-order valence-corrected chi connectivity index (χ4v) is 1.11. The number of nitrogens with one attached hydrogen (secondary N) is 1. The van der Waals surface area contributed by atoms with E-state index >= 15 is 0 Å². The summed E-state index contributed by atoms with van der Waals surface area (Å²) >= 11 is 0. The van der Waals surface area contributed by atoms with Crippen molar-refractivity contribution in [3.05, 3.63) is 29.8 Å². The molecule has 0 unspecified atom stereocenters. The van der Waals surface area contributed by atoms with Crippen LogP contribution in [-0.4, -0.2) is 21.0 Å². The second kappa shape index (κ2) is 2.55. The summed E-state index contributed by atoms with van der Waals surface area (Å²) in [5.74, 6) is -1.61. The minimum Gasteiger partial charge on any atom is -0.477 e. The van der Waals surface area contributed by atoms with Gasteiger partial charge in [-0.05, 0) is 12.1 Å². The van der Waals surface area contributed by atoms with Crippen molar-refractivity contribution in [3.63, 3.8) is 0 Å². The first kappa shape index (κ1) is 7.72. The minimum atomic E-state index is -1.13. The van der Waals surface area contributed by atoms with E-state index in [1.807, 2.05) is 0 Å². The molecule has 0 aromatic carbocycles. The predicted octanol–water partition coefficient (Wildman–Crippen LogP) is 1.40. The fourth-order valence-electron chi connectivity index (χ4n) is 1.11. The third-order valence-electron chi connectivity index (χ3n) is 1.71. The van der Waals surface area contributed by atoms with Crippen LogP contribution in [0.1, 0.15) is 10.5 Å². The average molecular weight is 180 g/mol. The molecule has 0 fully saturated rings. The number of nitrogens with zero attached hydrogens (tertiary/aromatic N) is 1. The highest BCUT2D eigenvalue weighted by molar-refractivity contribution is 5.92. The zero-order valence-corrected chi connectivity index (χ0v) is 6.41. The van der Waals surface area contributed by atoms with Gasteiger partial charge in [0, 0.05) is 6.20 Å². The lowest BCUT2D eigenvalue weighted by Crippen LogP contribution is -1.94. The van der Waals surface area contributed by atoms with Gasteiger partial charge in [0.05, 0.1) is 5.39 Å². The second-order valence-electron chi connectivity index (χ2n) is 2.54. The van der Waals surface area contributed by atoms with E-state index in [1.165, 1.54) is 18.3 Å². The largest absolute Gasteiger partial charge is 0.477 e. The van der Waals surface area contributed by atoms with Gasteiger partial charge in [0.25, 0.3) is 0 Å². The number of aromatic carboxylic acids is 1. The van der Waals surface area contributed by atoms with Gasteiger partial charge in [-0.1, -0.05) is 0 Å². The highest BCUT2D eigenvalue weighted by Gasteiger charge is 2.10. The normalized spacial score (nSPS) is 10.5. The van der Waals surface area contributed by atoms with Crippen molar-refractivity contribution < 1.29 is 14.3 Å². The molecule has 2 aromatic rings. The van der Waals surface area contributed by atoms with Gasteiger partial charge in [-0.3, -0.25) is 0 Å². The molecule has 0 aliphatic heterocycles. The van der Waals surface area contributed by atoms with E-state index in [-0.39, 0.29) is 16.7 Å². The predicted molar refractivity (Wildman–Crippen MR) is 43.0 cm³/mol. The minimum absolute atomic E-state index is 0.0624. The molecule has 0 aliphatic carbocycles. The Bertz CT molecular complexity index is 478.